The zero-order chi connectivity index (χ0) is 11.4. The van der Waals surface area contributed by atoms with E-state index >= 15 is 0 Å². The monoisotopic (exact) mass is 257 g/mol. The summed E-state index contributed by atoms with van der Waals surface area (Å²) < 4.78 is 0. The Bertz CT molecular complexity index is 423. The van der Waals surface area contributed by atoms with Crippen LogP contribution in [0.4, 0.5) is 0 Å². The van der Waals surface area contributed by atoms with Crippen LogP contribution in [-0.4, -0.2) is 30.2 Å². The Hall–Kier alpha value is -1.33. The molecule has 0 radical (unpaired) electrons. The number of hydrogen-bond donors (Lipinski definition) is 2. The summed E-state index contributed by atoms with van der Waals surface area (Å²) in [7, 11) is 0. The predicted octanol–water partition coefficient (Wildman–Crippen LogP) is 1.27. The number of hydrazone groups is 1. The molecule has 1 aromatic rings. The minimum absolute atomic E-state index is 0.338. The molecule has 84 valence electrons. The van der Waals surface area contributed by atoms with Gasteiger partial charge in [0.2, 0.25) is 5.96 Å². The number of guanidine groups is 1. The van der Waals surface area contributed by atoms with Gasteiger partial charge in [-0.25, -0.2) is 15.4 Å². The van der Waals surface area contributed by atoms with E-state index in [9.17, 15) is 0 Å². The molecule has 7 heteroatoms. The van der Waals surface area contributed by atoms with E-state index in [1.54, 1.807) is 18.3 Å². The number of hydrogen-bond acceptors (Lipinski definition) is 5. The van der Waals surface area contributed by atoms with Crippen LogP contribution >= 0.6 is 23.2 Å². The predicted molar refractivity (Wildman–Crippen MR) is 65.3 cm³/mol. The molecular weight excluding hydrogens is 249 g/mol. The van der Waals surface area contributed by atoms with E-state index < -0.39 is 0 Å². The first-order valence-corrected chi connectivity index (χ1v) is 5.40. The summed E-state index contributed by atoms with van der Waals surface area (Å²) in [6.45, 7) is 1.61. The molecular formula is C9H9Cl2N5. The zero-order valence-corrected chi connectivity index (χ0v) is 9.76. The molecule has 0 amide bonds. The Kier molecular flexibility index (Phi) is 3.58. The maximum atomic E-state index is 5.74. The number of rotatable bonds is 2. The Morgan fingerprint density at radius 3 is 2.75 bits per heavy atom. The van der Waals surface area contributed by atoms with Crippen molar-refractivity contribution >= 4 is 35.4 Å². The van der Waals surface area contributed by atoms with E-state index in [0.29, 0.717) is 16.3 Å². The van der Waals surface area contributed by atoms with Gasteiger partial charge in [0.1, 0.15) is 10.3 Å². The van der Waals surface area contributed by atoms with Crippen molar-refractivity contribution in [2.24, 2.45) is 10.1 Å². The van der Waals surface area contributed by atoms with Crippen LogP contribution in [0.25, 0.3) is 0 Å². The van der Waals surface area contributed by atoms with Crippen LogP contribution in [0.15, 0.2) is 22.2 Å². The molecule has 1 aromatic heterocycles. The molecule has 0 saturated heterocycles. The summed E-state index contributed by atoms with van der Waals surface area (Å²) in [5.41, 5.74) is 3.54. The van der Waals surface area contributed by atoms with Gasteiger partial charge in [-0.2, -0.15) is 5.10 Å². The largest absolute Gasteiger partial charge is 0.353 e. The highest BCUT2D eigenvalue weighted by atomic mass is 35.5. The smallest absolute Gasteiger partial charge is 0.212 e. The van der Waals surface area contributed by atoms with Crippen LogP contribution in [-0.2, 0) is 0 Å². The van der Waals surface area contributed by atoms with E-state index in [2.05, 4.69) is 25.8 Å². The second-order valence-corrected chi connectivity index (χ2v) is 3.85. The fourth-order valence-electron chi connectivity index (χ4n) is 1.20. The van der Waals surface area contributed by atoms with Crippen molar-refractivity contribution in [2.45, 2.75) is 0 Å². The summed E-state index contributed by atoms with van der Waals surface area (Å²) in [5, 5.41) is 7.70. The third-order valence-electron chi connectivity index (χ3n) is 1.84. The number of nitrogens with one attached hydrogen (secondary N) is 2. The van der Waals surface area contributed by atoms with Gasteiger partial charge in [0.15, 0.2) is 0 Å². The minimum atomic E-state index is 0.338. The number of nitrogens with zero attached hydrogens (tertiary/aromatic N) is 3. The summed E-state index contributed by atoms with van der Waals surface area (Å²) in [4.78, 5) is 7.95. The quantitative estimate of drug-likeness (QED) is 0.477. The molecule has 2 heterocycles. The molecule has 0 aromatic carbocycles. The first-order valence-electron chi connectivity index (χ1n) is 4.64. The highest BCUT2D eigenvalue weighted by molar-refractivity contribution is 6.32. The molecule has 0 fully saturated rings. The van der Waals surface area contributed by atoms with E-state index in [0.717, 1.165) is 18.7 Å². The van der Waals surface area contributed by atoms with E-state index in [1.807, 2.05) is 0 Å². The Labute approximate surface area is 103 Å². The molecule has 0 saturated carbocycles. The van der Waals surface area contributed by atoms with Gasteiger partial charge in [-0.15, -0.1) is 0 Å². The lowest BCUT2D eigenvalue weighted by Gasteiger charge is -1.99. The second-order valence-electron chi connectivity index (χ2n) is 3.07. The highest BCUT2D eigenvalue weighted by Crippen LogP contribution is 2.12. The lowest BCUT2D eigenvalue weighted by molar-refractivity contribution is 0.920. The fourth-order valence-corrected chi connectivity index (χ4v) is 1.68. The number of halogens is 2. The number of aromatic nitrogens is 1. The van der Waals surface area contributed by atoms with E-state index in [-0.39, 0.29) is 0 Å². The average molecular weight is 258 g/mol. The van der Waals surface area contributed by atoms with Crippen LogP contribution in [0.3, 0.4) is 0 Å². The molecule has 1 aliphatic rings. The summed E-state index contributed by atoms with van der Waals surface area (Å²) in [6.07, 6.45) is 1.60. The maximum Gasteiger partial charge on any atom is 0.212 e. The van der Waals surface area contributed by atoms with Crippen LogP contribution < -0.4 is 10.7 Å². The molecule has 0 unspecified atom stereocenters. The number of pyridine rings is 1. The fraction of sp³-hybridized carbons (Fsp3) is 0.222. The van der Waals surface area contributed by atoms with Gasteiger partial charge in [-0.05, 0) is 12.1 Å². The van der Waals surface area contributed by atoms with Crippen LogP contribution in [0.5, 0.6) is 0 Å². The van der Waals surface area contributed by atoms with E-state index in [1.165, 1.54) is 0 Å². The summed E-state index contributed by atoms with van der Waals surface area (Å²) >= 11 is 11.5. The Morgan fingerprint density at radius 2 is 2.12 bits per heavy atom. The molecule has 5 nitrogen and oxygen atoms in total. The van der Waals surface area contributed by atoms with Crippen molar-refractivity contribution in [1.82, 2.24) is 15.7 Å². The van der Waals surface area contributed by atoms with Gasteiger partial charge < -0.3 is 5.32 Å². The van der Waals surface area contributed by atoms with Gasteiger partial charge in [-0.1, -0.05) is 23.2 Å². The molecule has 0 atom stereocenters. The first-order chi connectivity index (χ1) is 7.74. The Balaban J connectivity index is 1.99. The molecule has 2 rings (SSSR count). The molecule has 1 aliphatic heterocycles. The molecule has 2 N–H and O–H groups in total. The molecule has 0 aliphatic carbocycles. The van der Waals surface area contributed by atoms with Crippen molar-refractivity contribution in [2.75, 3.05) is 13.1 Å². The molecule has 16 heavy (non-hydrogen) atoms. The van der Waals surface area contributed by atoms with Crippen LogP contribution in [0.1, 0.15) is 5.56 Å². The van der Waals surface area contributed by atoms with Gasteiger partial charge in [-0.3, -0.25) is 0 Å². The third kappa shape index (κ3) is 3.08. The van der Waals surface area contributed by atoms with Crippen LogP contribution in [0.2, 0.25) is 10.3 Å². The zero-order valence-electron chi connectivity index (χ0n) is 8.24. The number of aliphatic imine (C=N–C) groups is 1. The van der Waals surface area contributed by atoms with Gasteiger partial charge in [0, 0.05) is 12.1 Å². The highest BCUT2D eigenvalue weighted by Gasteiger charge is 2.01. The van der Waals surface area contributed by atoms with Crippen molar-refractivity contribution in [3.63, 3.8) is 0 Å². The van der Waals surface area contributed by atoms with Gasteiger partial charge >= 0.3 is 0 Å². The second kappa shape index (κ2) is 5.14. The van der Waals surface area contributed by atoms with Gasteiger partial charge in [0.05, 0.1) is 12.8 Å². The van der Waals surface area contributed by atoms with Crippen molar-refractivity contribution in [3.8, 4) is 0 Å². The lowest BCUT2D eigenvalue weighted by Crippen LogP contribution is -2.30. The summed E-state index contributed by atoms with van der Waals surface area (Å²) in [5.74, 6) is 0.669. The average Bonchev–Trinajstić information content (AvgIpc) is 2.69. The van der Waals surface area contributed by atoms with Gasteiger partial charge in [0.25, 0.3) is 0 Å². The third-order valence-corrected chi connectivity index (χ3v) is 2.23. The van der Waals surface area contributed by atoms with Crippen molar-refractivity contribution in [3.05, 3.63) is 28.0 Å². The Morgan fingerprint density at radius 1 is 1.38 bits per heavy atom. The molecule has 0 bridgehead atoms. The van der Waals surface area contributed by atoms with Crippen molar-refractivity contribution < 1.29 is 0 Å². The first kappa shape index (κ1) is 11.2. The summed E-state index contributed by atoms with van der Waals surface area (Å²) in [6, 6.07) is 3.34. The van der Waals surface area contributed by atoms with E-state index in [4.69, 9.17) is 23.2 Å². The SMILES string of the molecule is Clc1cc(/C=N\NC2=NCCN2)cc(Cl)n1. The standard InChI is InChI=1S/C9H9Cl2N5/c10-7-3-6(4-8(11)15-7)5-14-16-9-12-1-2-13-9/h3-5H,1-2H2,(H2,12,13,16)/b14-5-. The molecule has 0 spiro atoms. The lowest BCUT2D eigenvalue weighted by atomic mass is 10.3. The minimum Gasteiger partial charge on any atom is -0.353 e. The topological polar surface area (TPSA) is 61.7 Å². The normalized spacial score (nSPS) is 15.0. The maximum absolute atomic E-state index is 5.74. The van der Waals surface area contributed by atoms with Crippen LogP contribution in [0, 0.1) is 0 Å². The van der Waals surface area contributed by atoms with Crippen molar-refractivity contribution in [1.29, 1.82) is 0 Å².